The van der Waals surface area contributed by atoms with E-state index in [9.17, 15) is 19.3 Å². The molecule has 3 aromatic rings. The molecule has 0 fully saturated rings. The fraction of sp³-hybridized carbons (Fsp3) is 0.192. The number of hydrogen-bond acceptors (Lipinski definition) is 4. The molecule has 3 aromatic carbocycles. The molecule has 1 aliphatic rings. The average Bonchev–Trinajstić information content (AvgIpc) is 3.12. The van der Waals surface area contributed by atoms with Gasteiger partial charge in [-0.1, -0.05) is 60.4 Å². The van der Waals surface area contributed by atoms with Crippen molar-refractivity contribution in [2.24, 2.45) is 0 Å². The topological polar surface area (TPSA) is 81.5 Å². The standard InChI is InChI=1S/C26H21FN2O4/c1-17-14-24(27)18(15-25(17)29(31)32)8-6-7-13-28-26(30)33-16-23-21-11-4-2-9-19(21)20-10-3-5-12-22(20)23/h2-5,9-12,14-15,23H,7,13,16H2,1H3,(H,28,30). The number of carbonyl (C=O) groups excluding carboxylic acids is 1. The van der Waals surface area contributed by atoms with Crippen LogP contribution in [-0.2, 0) is 4.74 Å². The Morgan fingerprint density at radius 1 is 1.12 bits per heavy atom. The number of nitro benzene ring substituents is 1. The maximum Gasteiger partial charge on any atom is 0.407 e. The molecule has 0 saturated heterocycles. The quantitative estimate of drug-likeness (QED) is 0.250. The van der Waals surface area contributed by atoms with E-state index in [1.54, 1.807) is 0 Å². The van der Waals surface area contributed by atoms with Gasteiger partial charge in [-0.15, -0.1) is 0 Å². The van der Waals surface area contributed by atoms with Gasteiger partial charge in [0.15, 0.2) is 0 Å². The van der Waals surface area contributed by atoms with Crippen molar-refractivity contribution < 1.29 is 18.8 Å². The predicted octanol–water partition coefficient (Wildman–Crippen LogP) is 5.32. The van der Waals surface area contributed by atoms with Crippen molar-refractivity contribution in [1.82, 2.24) is 5.32 Å². The minimum Gasteiger partial charge on any atom is -0.449 e. The van der Waals surface area contributed by atoms with Crippen molar-refractivity contribution in [1.29, 1.82) is 0 Å². The molecule has 0 atom stereocenters. The number of nitrogens with zero attached hydrogens (tertiary/aromatic N) is 1. The number of amides is 1. The molecule has 0 radical (unpaired) electrons. The van der Waals surface area contributed by atoms with Crippen molar-refractivity contribution >= 4 is 11.8 Å². The SMILES string of the molecule is Cc1cc(F)c(C#CCCNC(=O)OCC2c3ccccc3-c3ccccc32)cc1[N+](=O)[O-]. The van der Waals surface area contributed by atoms with E-state index in [1.807, 2.05) is 36.4 Å². The summed E-state index contributed by atoms with van der Waals surface area (Å²) < 4.78 is 19.4. The number of fused-ring (bicyclic) bond motifs is 3. The second kappa shape index (κ2) is 9.53. The van der Waals surface area contributed by atoms with Crippen LogP contribution in [0.3, 0.4) is 0 Å². The van der Waals surface area contributed by atoms with Crippen molar-refractivity contribution in [2.75, 3.05) is 13.2 Å². The second-order valence-electron chi connectivity index (χ2n) is 7.68. The maximum atomic E-state index is 14.0. The Balaban J connectivity index is 1.31. The lowest BCUT2D eigenvalue weighted by Crippen LogP contribution is -2.26. The summed E-state index contributed by atoms with van der Waals surface area (Å²) in [6, 6.07) is 18.4. The number of rotatable bonds is 5. The van der Waals surface area contributed by atoms with Crippen LogP contribution >= 0.6 is 0 Å². The smallest absolute Gasteiger partial charge is 0.407 e. The van der Waals surface area contributed by atoms with Crippen LogP contribution in [0.25, 0.3) is 11.1 Å². The Bertz CT molecular complexity index is 1250. The molecule has 1 amide bonds. The summed E-state index contributed by atoms with van der Waals surface area (Å²) in [5, 5.41) is 13.6. The monoisotopic (exact) mass is 444 g/mol. The molecular weight excluding hydrogens is 423 g/mol. The van der Waals surface area contributed by atoms with Gasteiger partial charge in [0, 0.05) is 30.5 Å². The summed E-state index contributed by atoms with van der Waals surface area (Å²) in [5.74, 6) is 4.67. The number of ether oxygens (including phenoxy) is 1. The summed E-state index contributed by atoms with van der Waals surface area (Å²) in [6.07, 6.45) is -0.318. The third-order valence-corrected chi connectivity index (χ3v) is 5.57. The molecular formula is C26H21FN2O4. The molecule has 0 aliphatic heterocycles. The molecule has 0 saturated carbocycles. The fourth-order valence-corrected chi connectivity index (χ4v) is 3.99. The second-order valence-corrected chi connectivity index (χ2v) is 7.68. The van der Waals surface area contributed by atoms with Crippen LogP contribution in [0.4, 0.5) is 14.9 Å². The third-order valence-electron chi connectivity index (χ3n) is 5.57. The first-order valence-corrected chi connectivity index (χ1v) is 10.5. The third kappa shape index (κ3) is 4.70. The minimum absolute atomic E-state index is 0.0248. The largest absolute Gasteiger partial charge is 0.449 e. The zero-order chi connectivity index (χ0) is 23.4. The first-order chi connectivity index (χ1) is 16.0. The summed E-state index contributed by atoms with van der Waals surface area (Å²) >= 11 is 0. The Hall–Kier alpha value is -4.18. The van der Waals surface area contributed by atoms with E-state index in [-0.39, 0.29) is 42.3 Å². The van der Waals surface area contributed by atoms with Gasteiger partial charge in [-0.2, -0.15) is 0 Å². The summed E-state index contributed by atoms with van der Waals surface area (Å²) in [7, 11) is 0. The lowest BCUT2D eigenvalue weighted by molar-refractivity contribution is -0.385. The van der Waals surface area contributed by atoms with Gasteiger partial charge in [0.25, 0.3) is 5.69 Å². The Morgan fingerprint density at radius 2 is 1.76 bits per heavy atom. The van der Waals surface area contributed by atoms with Gasteiger partial charge in [-0.3, -0.25) is 10.1 Å². The predicted molar refractivity (Wildman–Crippen MR) is 122 cm³/mol. The van der Waals surface area contributed by atoms with E-state index in [0.29, 0.717) is 0 Å². The Morgan fingerprint density at radius 3 is 2.39 bits per heavy atom. The highest BCUT2D eigenvalue weighted by Gasteiger charge is 2.28. The molecule has 166 valence electrons. The minimum atomic E-state index is -0.616. The lowest BCUT2D eigenvalue weighted by Gasteiger charge is -2.14. The van der Waals surface area contributed by atoms with E-state index >= 15 is 0 Å². The van der Waals surface area contributed by atoms with Crippen molar-refractivity contribution in [3.05, 3.63) is 98.8 Å². The van der Waals surface area contributed by atoms with Gasteiger partial charge in [-0.25, -0.2) is 9.18 Å². The van der Waals surface area contributed by atoms with Crippen LogP contribution < -0.4 is 5.32 Å². The van der Waals surface area contributed by atoms with Crippen LogP contribution in [-0.4, -0.2) is 24.2 Å². The average molecular weight is 444 g/mol. The fourth-order valence-electron chi connectivity index (χ4n) is 3.99. The van der Waals surface area contributed by atoms with Gasteiger partial charge in [-0.05, 0) is 35.2 Å². The van der Waals surface area contributed by atoms with Crippen LogP contribution in [0.15, 0.2) is 60.7 Å². The number of nitrogens with one attached hydrogen (secondary N) is 1. The number of aryl methyl sites for hydroxylation is 1. The number of halogens is 1. The molecule has 0 unspecified atom stereocenters. The van der Waals surface area contributed by atoms with Gasteiger partial charge >= 0.3 is 6.09 Å². The van der Waals surface area contributed by atoms with Gasteiger partial charge in [0.2, 0.25) is 0 Å². The molecule has 0 aromatic heterocycles. The molecule has 1 aliphatic carbocycles. The summed E-state index contributed by atoms with van der Waals surface area (Å²) in [5.41, 5.74) is 4.57. The van der Waals surface area contributed by atoms with Crippen LogP contribution in [0.5, 0.6) is 0 Å². The summed E-state index contributed by atoms with van der Waals surface area (Å²) in [4.78, 5) is 22.6. The number of benzene rings is 3. The van der Waals surface area contributed by atoms with Gasteiger partial charge < -0.3 is 10.1 Å². The number of hydrogen-bond donors (Lipinski definition) is 1. The molecule has 0 bridgehead atoms. The maximum absolute atomic E-state index is 14.0. The molecule has 4 rings (SSSR count). The zero-order valence-electron chi connectivity index (χ0n) is 17.9. The Labute approximate surface area is 190 Å². The lowest BCUT2D eigenvalue weighted by atomic mass is 9.98. The first kappa shape index (κ1) is 22.0. The highest BCUT2D eigenvalue weighted by atomic mass is 19.1. The van der Waals surface area contributed by atoms with Crippen molar-refractivity contribution in [3.8, 4) is 23.0 Å². The molecule has 0 spiro atoms. The highest BCUT2D eigenvalue weighted by Crippen LogP contribution is 2.44. The Kier molecular flexibility index (Phi) is 6.36. The molecule has 1 N–H and O–H groups in total. The van der Waals surface area contributed by atoms with Crippen molar-refractivity contribution in [3.63, 3.8) is 0 Å². The van der Waals surface area contributed by atoms with Crippen LogP contribution in [0.2, 0.25) is 0 Å². The van der Waals surface area contributed by atoms with Crippen LogP contribution in [0.1, 0.15) is 34.6 Å². The van der Waals surface area contributed by atoms with Gasteiger partial charge in [0.1, 0.15) is 12.4 Å². The molecule has 7 heteroatoms. The number of nitro groups is 1. The van der Waals surface area contributed by atoms with E-state index < -0.39 is 16.8 Å². The van der Waals surface area contributed by atoms with Gasteiger partial charge in [0.05, 0.1) is 10.5 Å². The van der Waals surface area contributed by atoms with E-state index in [1.165, 1.54) is 6.92 Å². The number of carbonyl (C=O) groups is 1. The highest BCUT2D eigenvalue weighted by molar-refractivity contribution is 5.79. The summed E-state index contributed by atoms with van der Waals surface area (Å²) in [6.45, 7) is 1.89. The number of alkyl carbamates (subject to hydrolysis) is 1. The van der Waals surface area contributed by atoms with E-state index in [2.05, 4.69) is 29.3 Å². The van der Waals surface area contributed by atoms with Crippen molar-refractivity contribution in [2.45, 2.75) is 19.3 Å². The normalized spacial score (nSPS) is 11.7. The van der Waals surface area contributed by atoms with E-state index in [0.717, 1.165) is 34.4 Å². The first-order valence-electron chi connectivity index (χ1n) is 10.5. The molecule has 33 heavy (non-hydrogen) atoms. The molecule has 0 heterocycles. The van der Waals surface area contributed by atoms with Crippen LogP contribution in [0, 0.1) is 34.7 Å². The van der Waals surface area contributed by atoms with E-state index in [4.69, 9.17) is 4.74 Å². The molecule has 6 nitrogen and oxygen atoms in total. The zero-order valence-corrected chi connectivity index (χ0v) is 17.9.